The molecule has 3 saturated heterocycles. The Kier molecular flexibility index (Phi) is 17.0. The van der Waals surface area contributed by atoms with Crippen LogP contribution in [0.2, 0.25) is 0 Å². The lowest BCUT2D eigenvalue weighted by molar-refractivity contribution is -0.308. The van der Waals surface area contributed by atoms with Gasteiger partial charge in [0.1, 0.15) is 47.9 Å². The number of likely N-dealkylation sites (N-methyl/N-ethyl adjacent to an activating group) is 2. The Morgan fingerprint density at radius 3 is 2.24 bits per heavy atom. The Morgan fingerprint density at radius 1 is 0.937 bits per heavy atom. The average molecular weight is 897 g/mol. The summed E-state index contributed by atoms with van der Waals surface area (Å²) in [6, 6.07) is 2.74. The number of cyclic esters (lactones) is 1. The van der Waals surface area contributed by atoms with Crippen molar-refractivity contribution in [2.24, 2.45) is 23.9 Å². The Bertz CT molecular complexity index is 1680. The second kappa shape index (κ2) is 20.7. The lowest BCUT2D eigenvalue weighted by Gasteiger charge is -2.47. The van der Waals surface area contributed by atoms with E-state index >= 15 is 0 Å². The number of ether oxygens (including phenoxy) is 7. The van der Waals surface area contributed by atoms with E-state index in [2.05, 4.69) is 4.90 Å². The van der Waals surface area contributed by atoms with Crippen molar-refractivity contribution in [3.05, 3.63) is 24.0 Å². The molecule has 17 nitrogen and oxygen atoms in total. The number of methoxy groups -OCH3 is 1. The van der Waals surface area contributed by atoms with Gasteiger partial charge in [0.25, 0.3) is 0 Å². The van der Waals surface area contributed by atoms with Crippen LogP contribution >= 0.6 is 0 Å². The molecule has 362 valence electrons. The van der Waals surface area contributed by atoms with E-state index in [0.29, 0.717) is 25.4 Å². The fourth-order valence-corrected chi connectivity index (χ4v) is 10.0. The molecule has 4 aliphatic rings. The van der Waals surface area contributed by atoms with Gasteiger partial charge in [-0.25, -0.2) is 4.99 Å². The number of hydrogen-bond donors (Lipinski definition) is 5. The molecule has 3 fully saturated rings. The first-order chi connectivity index (χ1) is 29.3. The Hall–Kier alpha value is -2.26. The maximum Gasteiger partial charge on any atom is 0.311 e. The summed E-state index contributed by atoms with van der Waals surface area (Å²) in [5.74, 6) is -1.32. The van der Waals surface area contributed by atoms with E-state index in [9.17, 15) is 30.3 Å². The van der Waals surface area contributed by atoms with Gasteiger partial charge in [0, 0.05) is 58.4 Å². The number of aryl methyl sites for hydroxylation is 1. The van der Waals surface area contributed by atoms with Crippen molar-refractivity contribution in [3.8, 4) is 0 Å². The first-order valence-corrected chi connectivity index (χ1v) is 23.0. The van der Waals surface area contributed by atoms with Crippen LogP contribution in [0.1, 0.15) is 107 Å². The maximum atomic E-state index is 14.3. The predicted molar refractivity (Wildman–Crippen MR) is 235 cm³/mol. The number of aromatic nitrogens is 1. The summed E-state index contributed by atoms with van der Waals surface area (Å²) in [4.78, 5) is 23.2. The molecule has 5 N–H and O–H groups in total. The van der Waals surface area contributed by atoms with Gasteiger partial charge in [0.2, 0.25) is 5.90 Å². The Morgan fingerprint density at radius 2 is 1.62 bits per heavy atom. The van der Waals surface area contributed by atoms with Crippen LogP contribution in [-0.4, -0.2) is 189 Å². The number of rotatable bonds is 10. The second-order valence-electron chi connectivity index (χ2n) is 20.0. The number of aliphatic hydroxyl groups excluding tert-OH is 3. The summed E-state index contributed by atoms with van der Waals surface area (Å²) in [6.45, 7) is 18.7. The van der Waals surface area contributed by atoms with E-state index in [4.69, 9.17) is 38.2 Å². The van der Waals surface area contributed by atoms with Crippen LogP contribution in [0.3, 0.4) is 0 Å². The molecule has 0 radical (unpaired) electrons. The number of aliphatic imine (C=N–C) groups is 1. The maximum absolute atomic E-state index is 14.3. The minimum absolute atomic E-state index is 0.0758. The van der Waals surface area contributed by atoms with Crippen LogP contribution in [-0.2, 0) is 45.0 Å². The van der Waals surface area contributed by atoms with Gasteiger partial charge in [-0.15, -0.1) is 0 Å². The van der Waals surface area contributed by atoms with E-state index in [1.165, 1.54) is 14.0 Å². The van der Waals surface area contributed by atoms with E-state index in [-0.39, 0.29) is 49.9 Å². The molecular formula is C46H80N4O13. The molecule has 1 aromatic rings. The number of carbonyl (C=O) groups is 1. The first-order valence-electron chi connectivity index (χ1n) is 23.0. The fraction of sp³-hybridized carbons (Fsp3) is 0.870. The van der Waals surface area contributed by atoms with Crippen molar-refractivity contribution >= 4 is 11.9 Å². The summed E-state index contributed by atoms with van der Waals surface area (Å²) in [5, 5.41) is 59.2. The zero-order valence-corrected chi connectivity index (χ0v) is 40.2. The highest BCUT2D eigenvalue weighted by Crippen LogP contribution is 2.38. The van der Waals surface area contributed by atoms with Crippen LogP contribution in [0, 0.1) is 11.8 Å². The second-order valence-corrected chi connectivity index (χ2v) is 20.0. The third kappa shape index (κ3) is 11.7. The van der Waals surface area contributed by atoms with Gasteiger partial charge >= 0.3 is 5.97 Å². The van der Waals surface area contributed by atoms with Crippen molar-refractivity contribution < 1.29 is 63.5 Å². The SMILES string of the molecule is CCC1OC(=O)C(C)C(OC2C[C@@](C)(OC)C(O)C(C)O2)C[C@@H](OC2OC(C)CC(N(C)C[C@@H]3N=C(c4cccn4C)O[C@@H]3C)[C@H]2O)[C@@](C)(O)C[C@@H](C)CN(C)[C@H](C)[C@@H](O)[C@@]1(C)O. The molecule has 63 heavy (non-hydrogen) atoms. The van der Waals surface area contributed by atoms with Gasteiger partial charge in [-0.3, -0.25) is 9.69 Å². The molecule has 0 saturated carbocycles. The molecule has 9 unspecified atom stereocenters. The highest BCUT2D eigenvalue weighted by atomic mass is 16.7. The van der Waals surface area contributed by atoms with E-state index in [1.807, 2.05) is 69.7 Å². The smallest absolute Gasteiger partial charge is 0.311 e. The highest BCUT2D eigenvalue weighted by molar-refractivity contribution is 5.94. The molecule has 1 aromatic heterocycles. The molecule has 19 atom stereocenters. The summed E-state index contributed by atoms with van der Waals surface area (Å²) < 4.78 is 46.0. The topological polar surface area (TPSA) is 207 Å². The fourth-order valence-electron chi connectivity index (χ4n) is 10.0. The van der Waals surface area contributed by atoms with Gasteiger partial charge in [0.05, 0.1) is 41.5 Å². The minimum Gasteiger partial charge on any atom is -0.471 e. The molecule has 0 aliphatic carbocycles. The summed E-state index contributed by atoms with van der Waals surface area (Å²) in [6.07, 6.45) is -7.07. The average Bonchev–Trinajstić information content (AvgIpc) is 3.81. The minimum atomic E-state index is -1.82. The van der Waals surface area contributed by atoms with Crippen molar-refractivity contribution in [1.82, 2.24) is 14.4 Å². The zero-order chi connectivity index (χ0) is 46.9. The molecule has 0 bridgehead atoms. The first kappa shape index (κ1) is 51.7. The summed E-state index contributed by atoms with van der Waals surface area (Å²) in [7, 11) is 7.23. The van der Waals surface area contributed by atoms with Crippen LogP contribution in [0.4, 0.5) is 0 Å². The summed E-state index contributed by atoms with van der Waals surface area (Å²) >= 11 is 0. The largest absolute Gasteiger partial charge is 0.471 e. The van der Waals surface area contributed by atoms with Gasteiger partial charge < -0.3 is 68.2 Å². The molecular weight excluding hydrogens is 817 g/mol. The number of carbonyl (C=O) groups excluding carboxylic acids is 1. The van der Waals surface area contributed by atoms with Crippen molar-refractivity contribution in [2.75, 3.05) is 34.3 Å². The number of nitrogens with zero attached hydrogens (tertiary/aromatic N) is 4. The van der Waals surface area contributed by atoms with Crippen LogP contribution < -0.4 is 0 Å². The molecule has 0 spiro atoms. The van der Waals surface area contributed by atoms with E-state index in [1.54, 1.807) is 41.5 Å². The van der Waals surface area contributed by atoms with Gasteiger partial charge in [0.15, 0.2) is 12.6 Å². The zero-order valence-electron chi connectivity index (χ0n) is 40.2. The van der Waals surface area contributed by atoms with Crippen molar-refractivity contribution in [2.45, 2.75) is 204 Å². The van der Waals surface area contributed by atoms with Gasteiger partial charge in [-0.2, -0.15) is 0 Å². The van der Waals surface area contributed by atoms with Gasteiger partial charge in [-0.05, 0) is 107 Å². The van der Waals surface area contributed by atoms with Crippen LogP contribution in [0.25, 0.3) is 0 Å². The predicted octanol–water partition coefficient (Wildman–Crippen LogP) is 2.60. The molecule has 4 aliphatic heterocycles. The quantitative estimate of drug-likeness (QED) is 0.214. The number of aliphatic hydroxyl groups is 5. The number of esters is 1. The van der Waals surface area contributed by atoms with E-state index < -0.39 is 96.1 Å². The van der Waals surface area contributed by atoms with Crippen LogP contribution in [0.15, 0.2) is 23.3 Å². The monoisotopic (exact) mass is 897 g/mol. The lowest BCUT2D eigenvalue weighted by atomic mass is 9.83. The summed E-state index contributed by atoms with van der Waals surface area (Å²) in [5.41, 5.74) is -3.56. The molecule has 17 heteroatoms. The van der Waals surface area contributed by atoms with E-state index in [0.717, 1.165) is 5.69 Å². The van der Waals surface area contributed by atoms with Crippen molar-refractivity contribution in [3.63, 3.8) is 0 Å². The third-order valence-corrected chi connectivity index (χ3v) is 14.5. The van der Waals surface area contributed by atoms with Gasteiger partial charge in [-0.1, -0.05) is 13.8 Å². The molecule has 0 amide bonds. The van der Waals surface area contributed by atoms with Crippen molar-refractivity contribution in [1.29, 1.82) is 0 Å². The number of hydrogen-bond acceptors (Lipinski definition) is 16. The normalized spacial score (nSPS) is 45.3. The Balaban J connectivity index is 1.48. The lowest BCUT2D eigenvalue weighted by Crippen LogP contribution is -2.59. The third-order valence-electron chi connectivity index (χ3n) is 14.5. The molecule has 5 heterocycles. The molecule has 0 aromatic carbocycles. The standard InChI is InChI=1S/C46H80N4O13/c1-15-35-46(10,56)39(52)28(5)49(12)23-25(2)21-44(8,55)36(20-34(27(4)42(54)62-35)61-37-22-45(9,57-14)40(53)30(7)59-37)63-43-38(51)33(19-26(3)58-43)50(13)24-31-29(6)60-41(47-31)32-17-16-18-48(32)11/h16-18,25-31,33-40,43,51-53,55-56H,15,19-24H2,1-14H3/t25-,26?,27?,28-,29-,30?,31+,33?,34?,35?,36-,37?,38-,39-,40?,43?,44+,45-,46+/m1/s1. The van der Waals surface area contributed by atoms with Crippen LogP contribution in [0.5, 0.6) is 0 Å². The Labute approximate surface area is 374 Å². The molecule has 5 rings (SSSR count). The highest BCUT2D eigenvalue weighted by Gasteiger charge is 2.51.